The first-order valence-electron chi connectivity index (χ1n) is 13.4. The second-order valence-electron chi connectivity index (χ2n) is 9.99. The lowest BCUT2D eigenvalue weighted by Crippen LogP contribution is -2.29. The van der Waals surface area contributed by atoms with Crippen LogP contribution in [0.3, 0.4) is 0 Å². The molecule has 0 saturated heterocycles. The maximum absolute atomic E-state index is 13.8. The van der Waals surface area contributed by atoms with E-state index in [1.165, 1.54) is 18.7 Å². The van der Waals surface area contributed by atoms with E-state index in [1.54, 1.807) is 24.8 Å². The molecule has 1 N–H and O–H groups in total. The van der Waals surface area contributed by atoms with E-state index in [0.717, 1.165) is 44.2 Å². The van der Waals surface area contributed by atoms with Gasteiger partial charge in [0.1, 0.15) is 28.1 Å². The summed E-state index contributed by atoms with van der Waals surface area (Å²) >= 11 is 0. The van der Waals surface area contributed by atoms with Gasteiger partial charge in [0, 0.05) is 24.4 Å². The Morgan fingerprint density at radius 3 is 2.42 bits per heavy atom. The topological polar surface area (TPSA) is 168 Å². The summed E-state index contributed by atoms with van der Waals surface area (Å²) in [5.74, 6) is 1.53. The fraction of sp³-hybridized carbons (Fsp3) is 0.462. The highest BCUT2D eigenvalue weighted by atomic mass is 32.2. The molecule has 208 valence electrons. The van der Waals surface area contributed by atoms with Crippen LogP contribution in [0.5, 0.6) is 5.88 Å². The van der Waals surface area contributed by atoms with Crippen molar-refractivity contribution < 1.29 is 13.2 Å². The Kier molecular flexibility index (Phi) is 6.86. The maximum Gasteiger partial charge on any atom is 0.295 e. The van der Waals surface area contributed by atoms with Gasteiger partial charge in [0.05, 0.1) is 31.3 Å². The molecule has 4 aromatic rings. The molecular weight excluding hydrogens is 534 g/mol. The van der Waals surface area contributed by atoms with Crippen LogP contribution in [0.4, 0.5) is 5.82 Å². The van der Waals surface area contributed by atoms with Gasteiger partial charge in [-0.25, -0.2) is 43.3 Å². The monoisotopic (exact) mass is 563 g/mol. The fourth-order valence-corrected chi connectivity index (χ4v) is 5.84. The molecule has 2 aliphatic rings. The number of hydrogen-bond acceptors (Lipinski definition) is 12. The third kappa shape index (κ3) is 4.87. The van der Waals surface area contributed by atoms with E-state index in [2.05, 4.69) is 35.2 Å². The Balaban J connectivity index is 1.39. The minimum absolute atomic E-state index is 0.0205. The lowest BCUT2D eigenvalue weighted by atomic mass is 10.1. The zero-order valence-corrected chi connectivity index (χ0v) is 23.1. The first kappa shape index (κ1) is 26.2. The third-order valence-electron chi connectivity index (χ3n) is 7.38. The van der Waals surface area contributed by atoms with Crippen LogP contribution in [0.25, 0.3) is 22.6 Å². The number of ether oxygens (including phenoxy) is 1. The second kappa shape index (κ2) is 10.5. The van der Waals surface area contributed by atoms with Crippen molar-refractivity contribution in [3.63, 3.8) is 0 Å². The summed E-state index contributed by atoms with van der Waals surface area (Å²) < 4.78 is 31.4. The first-order chi connectivity index (χ1) is 19.4. The minimum atomic E-state index is -3.40. The van der Waals surface area contributed by atoms with E-state index in [1.807, 2.05) is 0 Å². The minimum Gasteiger partial charge on any atom is -0.480 e. The molecule has 0 aromatic carbocycles. The lowest BCUT2D eigenvalue weighted by molar-refractivity contribution is 0.397. The van der Waals surface area contributed by atoms with Gasteiger partial charge in [-0.15, -0.1) is 0 Å². The maximum atomic E-state index is 13.8. The summed E-state index contributed by atoms with van der Waals surface area (Å²) in [6.07, 6.45) is 11.5. The largest absolute Gasteiger partial charge is 0.480 e. The molecule has 4 heterocycles. The molecule has 0 aliphatic heterocycles. The molecule has 0 radical (unpaired) electrons. The fourth-order valence-electron chi connectivity index (χ4n) is 5.08. The molecule has 0 unspecified atom stereocenters. The molecule has 2 saturated carbocycles. The van der Waals surface area contributed by atoms with Crippen molar-refractivity contribution in [2.75, 3.05) is 18.2 Å². The molecule has 6 rings (SSSR count). The number of hydrogen-bond donors (Lipinski definition) is 1. The van der Waals surface area contributed by atoms with Gasteiger partial charge < -0.3 is 10.1 Å². The molecular formula is C26H29N9O4S. The average Bonchev–Trinajstić information content (AvgIpc) is 3.69. The standard InChI is InChI=1S/C26H29N9O4S/c1-3-40(37,38)17-10-27-19(28-11-17)13-30-23-26(36)35(16-6-4-5-7-16)24-18(33-23)12-29-22(34-24)20-21(15-8-9-15)31-14-32-25(20)39-2/h10-12,14-16H,3-9,13H2,1-2H3,(H,30,33). The van der Waals surface area contributed by atoms with Gasteiger partial charge in [-0.1, -0.05) is 19.8 Å². The summed E-state index contributed by atoms with van der Waals surface area (Å²) in [6.45, 7) is 1.65. The van der Waals surface area contributed by atoms with E-state index in [4.69, 9.17) is 9.72 Å². The SMILES string of the molecule is CCS(=O)(=O)c1cnc(CNc2nc3cnc(-c4c(OC)ncnc4C4CC4)nc3n(C3CCCC3)c2=O)nc1. The highest BCUT2D eigenvalue weighted by Gasteiger charge is 2.32. The van der Waals surface area contributed by atoms with Gasteiger partial charge >= 0.3 is 0 Å². The summed E-state index contributed by atoms with van der Waals surface area (Å²) in [5.41, 5.74) is 2.11. The van der Waals surface area contributed by atoms with E-state index < -0.39 is 9.84 Å². The van der Waals surface area contributed by atoms with Gasteiger partial charge in [-0.2, -0.15) is 0 Å². The molecule has 2 fully saturated rings. The highest BCUT2D eigenvalue weighted by Crippen LogP contribution is 2.45. The first-order valence-corrected chi connectivity index (χ1v) is 15.0. The molecule has 0 spiro atoms. The Hall–Kier alpha value is -4.07. The Labute approximate surface area is 230 Å². The molecule has 2 aliphatic carbocycles. The van der Waals surface area contributed by atoms with Crippen molar-refractivity contribution in [1.29, 1.82) is 0 Å². The number of anilines is 1. The quantitative estimate of drug-likeness (QED) is 0.317. The van der Waals surface area contributed by atoms with Gasteiger partial charge in [0.15, 0.2) is 27.1 Å². The number of nitrogens with one attached hydrogen (secondary N) is 1. The Morgan fingerprint density at radius 2 is 1.75 bits per heavy atom. The molecule has 0 bridgehead atoms. The van der Waals surface area contributed by atoms with Crippen LogP contribution >= 0.6 is 0 Å². The summed E-state index contributed by atoms with van der Waals surface area (Å²) in [6, 6.07) is -0.0205. The summed E-state index contributed by atoms with van der Waals surface area (Å²) in [7, 11) is -1.85. The van der Waals surface area contributed by atoms with Crippen molar-refractivity contribution in [3.8, 4) is 17.3 Å². The zero-order valence-electron chi connectivity index (χ0n) is 22.2. The van der Waals surface area contributed by atoms with Crippen LogP contribution in [0.1, 0.15) is 68.9 Å². The molecule has 13 nitrogen and oxygen atoms in total. The van der Waals surface area contributed by atoms with E-state index in [-0.39, 0.29) is 34.6 Å². The number of aromatic nitrogens is 8. The molecule has 4 aromatic heterocycles. The van der Waals surface area contributed by atoms with Crippen molar-refractivity contribution in [3.05, 3.63) is 46.8 Å². The van der Waals surface area contributed by atoms with Crippen molar-refractivity contribution in [2.45, 2.75) is 68.8 Å². The third-order valence-corrected chi connectivity index (χ3v) is 9.07. The lowest BCUT2D eigenvalue weighted by Gasteiger charge is -2.18. The predicted octanol–water partition coefficient (Wildman–Crippen LogP) is 2.84. The Morgan fingerprint density at radius 1 is 1.00 bits per heavy atom. The van der Waals surface area contributed by atoms with Crippen LogP contribution in [0.15, 0.2) is 34.6 Å². The van der Waals surface area contributed by atoms with E-state index in [0.29, 0.717) is 40.2 Å². The van der Waals surface area contributed by atoms with Crippen molar-refractivity contribution in [1.82, 2.24) is 39.5 Å². The van der Waals surface area contributed by atoms with Crippen LogP contribution in [0.2, 0.25) is 0 Å². The van der Waals surface area contributed by atoms with Gasteiger partial charge in [-0.05, 0) is 25.7 Å². The number of nitrogens with zero attached hydrogens (tertiary/aromatic N) is 8. The highest BCUT2D eigenvalue weighted by molar-refractivity contribution is 7.91. The zero-order chi connectivity index (χ0) is 27.9. The molecule has 14 heteroatoms. The summed E-state index contributed by atoms with van der Waals surface area (Å²) in [4.78, 5) is 44.9. The molecule has 0 amide bonds. The van der Waals surface area contributed by atoms with Gasteiger partial charge in [0.2, 0.25) is 5.88 Å². The van der Waals surface area contributed by atoms with Gasteiger partial charge in [-0.3, -0.25) is 9.36 Å². The summed E-state index contributed by atoms with van der Waals surface area (Å²) in [5, 5.41) is 3.04. The number of methoxy groups -OCH3 is 1. The van der Waals surface area contributed by atoms with Crippen molar-refractivity contribution in [2.24, 2.45) is 0 Å². The number of sulfone groups is 1. The number of rotatable bonds is 9. The smallest absolute Gasteiger partial charge is 0.295 e. The molecule has 0 atom stereocenters. The van der Waals surface area contributed by atoms with Crippen molar-refractivity contribution >= 4 is 26.8 Å². The van der Waals surface area contributed by atoms with Crippen LogP contribution in [-0.4, -0.2) is 60.7 Å². The molecule has 40 heavy (non-hydrogen) atoms. The van der Waals surface area contributed by atoms with E-state index in [9.17, 15) is 13.2 Å². The van der Waals surface area contributed by atoms with Crippen LogP contribution < -0.4 is 15.6 Å². The number of fused-ring (bicyclic) bond motifs is 1. The second-order valence-corrected chi connectivity index (χ2v) is 12.3. The normalized spacial score (nSPS) is 15.9. The Bertz CT molecular complexity index is 1730. The van der Waals surface area contributed by atoms with Crippen LogP contribution in [-0.2, 0) is 16.4 Å². The van der Waals surface area contributed by atoms with E-state index >= 15 is 0 Å². The average molecular weight is 564 g/mol. The van der Waals surface area contributed by atoms with Gasteiger partial charge in [0.25, 0.3) is 5.56 Å². The predicted molar refractivity (Wildman–Crippen MR) is 146 cm³/mol. The van der Waals surface area contributed by atoms with Crippen LogP contribution in [0, 0.1) is 0 Å².